The van der Waals surface area contributed by atoms with E-state index >= 15 is 0 Å². The van der Waals surface area contributed by atoms with Crippen LogP contribution in [0.5, 0.6) is 0 Å². The fourth-order valence-electron chi connectivity index (χ4n) is 3.51. The van der Waals surface area contributed by atoms with Gasteiger partial charge in [-0.05, 0) is 50.5 Å². The lowest BCUT2D eigenvalue weighted by molar-refractivity contribution is -0.146. The number of nitrogens with one attached hydrogen (secondary N) is 2. The van der Waals surface area contributed by atoms with Crippen molar-refractivity contribution in [3.8, 4) is 0 Å². The number of aliphatic carboxylic acids is 1. The van der Waals surface area contributed by atoms with Crippen LogP contribution >= 0.6 is 11.8 Å². The van der Waals surface area contributed by atoms with Crippen LogP contribution in [0.25, 0.3) is 0 Å². The Balaban J connectivity index is 2.88. The number of nitrogens with zero attached hydrogens (tertiary/aromatic N) is 1. The van der Waals surface area contributed by atoms with Gasteiger partial charge in [-0.1, -0.05) is 13.8 Å². The van der Waals surface area contributed by atoms with Gasteiger partial charge in [0.15, 0.2) is 0 Å². The first-order chi connectivity index (χ1) is 14.5. The molecule has 31 heavy (non-hydrogen) atoms. The molecule has 1 aliphatic heterocycles. The van der Waals surface area contributed by atoms with E-state index in [1.807, 2.05) is 20.1 Å². The van der Waals surface area contributed by atoms with Crippen molar-refractivity contribution in [1.29, 1.82) is 0 Å². The summed E-state index contributed by atoms with van der Waals surface area (Å²) in [5.74, 6) is -2.07. The summed E-state index contributed by atoms with van der Waals surface area (Å²) in [7, 11) is 0. The van der Waals surface area contributed by atoms with E-state index in [1.54, 1.807) is 0 Å². The van der Waals surface area contributed by atoms with E-state index in [0.29, 0.717) is 25.0 Å². The Hall–Kier alpha value is -1.85. The van der Waals surface area contributed by atoms with Crippen molar-refractivity contribution in [2.75, 3.05) is 18.6 Å². The molecular weight excluding hydrogens is 424 g/mol. The molecule has 0 aliphatic carbocycles. The largest absolute Gasteiger partial charge is 0.480 e. The topological polar surface area (TPSA) is 162 Å². The van der Waals surface area contributed by atoms with Gasteiger partial charge in [0.25, 0.3) is 0 Å². The smallest absolute Gasteiger partial charge is 0.326 e. The normalized spacial score (nSPS) is 20.1. The molecule has 0 saturated carbocycles. The van der Waals surface area contributed by atoms with Crippen molar-refractivity contribution >= 4 is 35.5 Å². The Morgan fingerprint density at radius 3 is 2.35 bits per heavy atom. The number of nitrogens with two attached hydrogens (primary N) is 1. The minimum Gasteiger partial charge on any atom is -0.480 e. The Kier molecular flexibility index (Phi) is 11.3. The van der Waals surface area contributed by atoms with Gasteiger partial charge >= 0.3 is 5.97 Å². The monoisotopic (exact) mass is 460 g/mol. The van der Waals surface area contributed by atoms with Crippen LogP contribution in [-0.2, 0) is 19.2 Å². The average molecular weight is 461 g/mol. The summed E-state index contributed by atoms with van der Waals surface area (Å²) in [5.41, 5.74) is 5.88. The molecule has 0 aromatic heterocycles. The molecule has 1 fully saturated rings. The Morgan fingerprint density at radius 1 is 1.19 bits per heavy atom. The van der Waals surface area contributed by atoms with Crippen LogP contribution in [0.15, 0.2) is 0 Å². The number of carboxylic acids is 1. The molecule has 5 unspecified atom stereocenters. The predicted octanol–water partition coefficient (Wildman–Crippen LogP) is -0.461. The third-order valence-corrected chi connectivity index (χ3v) is 5.82. The van der Waals surface area contributed by atoms with Crippen molar-refractivity contribution in [3.63, 3.8) is 0 Å². The third kappa shape index (κ3) is 8.30. The summed E-state index contributed by atoms with van der Waals surface area (Å²) in [4.78, 5) is 50.9. The standard InChI is InChI=1S/C20H36N4O6S/c1-11(2)10-13(21)17(26)23-16(12(3)25)19(28)24-8-5-6-15(24)18(27)22-14(20(29)30)7-9-31-4/h11-16,25H,5-10,21H2,1-4H3,(H,22,27)(H,23,26)(H,29,30). The number of amides is 3. The molecule has 6 N–H and O–H groups in total. The summed E-state index contributed by atoms with van der Waals surface area (Å²) in [5, 5.41) is 24.5. The van der Waals surface area contributed by atoms with Crippen LogP contribution in [0.4, 0.5) is 0 Å². The molecule has 1 saturated heterocycles. The van der Waals surface area contributed by atoms with Gasteiger partial charge in [-0.3, -0.25) is 14.4 Å². The molecule has 0 aromatic rings. The minimum atomic E-state index is -1.24. The van der Waals surface area contributed by atoms with Gasteiger partial charge in [-0.25, -0.2) is 4.79 Å². The summed E-state index contributed by atoms with van der Waals surface area (Å²) in [6, 6.07) is -3.96. The number of aliphatic hydroxyl groups is 1. The number of hydrogen-bond donors (Lipinski definition) is 5. The van der Waals surface area contributed by atoms with E-state index in [9.17, 15) is 29.4 Å². The molecule has 0 radical (unpaired) electrons. The minimum absolute atomic E-state index is 0.182. The molecule has 1 heterocycles. The van der Waals surface area contributed by atoms with Crippen molar-refractivity contribution in [2.45, 2.75) is 76.7 Å². The second-order valence-corrected chi connectivity index (χ2v) is 9.32. The summed E-state index contributed by atoms with van der Waals surface area (Å²) < 4.78 is 0. The molecule has 0 spiro atoms. The summed E-state index contributed by atoms with van der Waals surface area (Å²) in [6.07, 6.45) is 2.27. The quantitative estimate of drug-likeness (QED) is 0.261. The lowest BCUT2D eigenvalue weighted by Crippen LogP contribution is -2.59. The molecule has 1 aliphatic rings. The maximum absolute atomic E-state index is 13.1. The molecule has 178 valence electrons. The average Bonchev–Trinajstić information content (AvgIpc) is 3.17. The Bertz CT molecular complexity index is 645. The first kappa shape index (κ1) is 27.2. The van der Waals surface area contributed by atoms with E-state index in [1.165, 1.54) is 23.6 Å². The Labute approximate surface area is 187 Å². The highest BCUT2D eigenvalue weighted by Gasteiger charge is 2.40. The molecule has 11 heteroatoms. The van der Waals surface area contributed by atoms with Gasteiger partial charge in [0.2, 0.25) is 17.7 Å². The first-order valence-electron chi connectivity index (χ1n) is 10.6. The number of aliphatic hydroxyl groups excluding tert-OH is 1. The zero-order valence-electron chi connectivity index (χ0n) is 18.7. The fourth-order valence-corrected chi connectivity index (χ4v) is 3.98. The van der Waals surface area contributed by atoms with Crippen LogP contribution in [-0.4, -0.2) is 87.6 Å². The maximum Gasteiger partial charge on any atom is 0.326 e. The van der Waals surface area contributed by atoms with Crippen molar-refractivity contribution in [2.24, 2.45) is 11.7 Å². The van der Waals surface area contributed by atoms with Crippen LogP contribution in [0.2, 0.25) is 0 Å². The van der Waals surface area contributed by atoms with Crippen molar-refractivity contribution in [3.05, 3.63) is 0 Å². The highest BCUT2D eigenvalue weighted by Crippen LogP contribution is 2.20. The van der Waals surface area contributed by atoms with E-state index in [4.69, 9.17) is 5.73 Å². The summed E-state index contributed by atoms with van der Waals surface area (Å²) in [6.45, 7) is 5.49. The van der Waals surface area contributed by atoms with Gasteiger partial charge in [0, 0.05) is 6.54 Å². The van der Waals surface area contributed by atoms with E-state index in [2.05, 4.69) is 10.6 Å². The molecule has 10 nitrogen and oxygen atoms in total. The molecule has 3 amide bonds. The molecular formula is C20H36N4O6S. The van der Waals surface area contributed by atoms with Gasteiger partial charge in [-0.15, -0.1) is 0 Å². The highest BCUT2D eigenvalue weighted by atomic mass is 32.2. The second-order valence-electron chi connectivity index (χ2n) is 8.33. The zero-order valence-corrected chi connectivity index (χ0v) is 19.5. The number of carbonyl (C=O) groups excluding carboxylic acids is 3. The number of rotatable bonds is 12. The number of carboxylic acid groups (broad SMARTS) is 1. The number of carbonyl (C=O) groups is 4. The van der Waals surface area contributed by atoms with Crippen molar-refractivity contribution < 1.29 is 29.4 Å². The van der Waals surface area contributed by atoms with Gasteiger partial charge < -0.3 is 31.5 Å². The third-order valence-electron chi connectivity index (χ3n) is 5.17. The predicted molar refractivity (Wildman–Crippen MR) is 118 cm³/mol. The Morgan fingerprint density at radius 2 is 1.84 bits per heavy atom. The zero-order chi connectivity index (χ0) is 23.7. The highest BCUT2D eigenvalue weighted by molar-refractivity contribution is 7.98. The number of thioether (sulfide) groups is 1. The fraction of sp³-hybridized carbons (Fsp3) is 0.800. The lowest BCUT2D eigenvalue weighted by Gasteiger charge is -2.31. The van der Waals surface area contributed by atoms with Crippen LogP contribution in [0.3, 0.4) is 0 Å². The number of hydrogen-bond acceptors (Lipinski definition) is 7. The molecule has 5 atom stereocenters. The van der Waals surface area contributed by atoms with E-state index < -0.39 is 54.0 Å². The van der Waals surface area contributed by atoms with Crippen LogP contribution in [0.1, 0.15) is 46.5 Å². The number of likely N-dealkylation sites (tertiary alicyclic amines) is 1. The maximum atomic E-state index is 13.1. The van der Waals surface area contributed by atoms with Crippen LogP contribution in [0, 0.1) is 5.92 Å². The van der Waals surface area contributed by atoms with Gasteiger partial charge in [0.05, 0.1) is 12.1 Å². The van der Waals surface area contributed by atoms with E-state index in [-0.39, 0.29) is 18.9 Å². The molecule has 0 aromatic carbocycles. The van der Waals surface area contributed by atoms with Gasteiger partial charge in [-0.2, -0.15) is 11.8 Å². The van der Waals surface area contributed by atoms with Crippen molar-refractivity contribution in [1.82, 2.24) is 15.5 Å². The second kappa shape index (κ2) is 12.9. The SMILES string of the molecule is CSCCC(NC(=O)C1CCCN1C(=O)C(NC(=O)C(N)CC(C)C)C(C)O)C(=O)O. The molecule has 1 rings (SSSR count). The van der Waals surface area contributed by atoms with Crippen LogP contribution < -0.4 is 16.4 Å². The first-order valence-corrected chi connectivity index (χ1v) is 12.0. The molecule has 0 bridgehead atoms. The van der Waals surface area contributed by atoms with Gasteiger partial charge in [0.1, 0.15) is 18.1 Å². The lowest BCUT2D eigenvalue weighted by atomic mass is 10.0. The summed E-state index contributed by atoms with van der Waals surface area (Å²) >= 11 is 1.47. The van der Waals surface area contributed by atoms with E-state index in [0.717, 1.165) is 0 Å².